The van der Waals surface area contributed by atoms with Crippen LogP contribution in [0.1, 0.15) is 10.4 Å². The number of aryl methyl sites for hydroxylation is 3. The molecule has 3 heterocycles. The highest BCUT2D eigenvalue weighted by Gasteiger charge is 2.35. The summed E-state index contributed by atoms with van der Waals surface area (Å²) in [5.41, 5.74) is 1.42. The molecule has 2 aromatic heterocycles. The summed E-state index contributed by atoms with van der Waals surface area (Å²) in [6, 6.07) is 1.85. The van der Waals surface area contributed by atoms with Crippen molar-refractivity contribution in [1.29, 1.82) is 0 Å². The van der Waals surface area contributed by atoms with E-state index < -0.39 is 10.0 Å². The second-order valence-electron chi connectivity index (χ2n) is 5.58. The Labute approximate surface area is 139 Å². The van der Waals surface area contributed by atoms with Crippen LogP contribution in [0.3, 0.4) is 0 Å². The highest BCUT2D eigenvalue weighted by molar-refractivity contribution is 7.91. The highest BCUT2D eigenvalue weighted by atomic mass is 32.2. The lowest BCUT2D eigenvalue weighted by molar-refractivity contribution is -0.119. The van der Waals surface area contributed by atoms with Crippen molar-refractivity contribution in [3.05, 3.63) is 28.9 Å². The van der Waals surface area contributed by atoms with E-state index in [1.165, 1.54) is 15.6 Å². The van der Waals surface area contributed by atoms with Gasteiger partial charge in [-0.15, -0.1) is 11.3 Å². The lowest BCUT2D eigenvalue weighted by Crippen LogP contribution is -2.52. The number of amides is 1. The Bertz CT molecular complexity index is 853. The third-order valence-electron chi connectivity index (χ3n) is 3.76. The maximum atomic E-state index is 12.8. The van der Waals surface area contributed by atoms with Crippen LogP contribution in [0.15, 0.2) is 22.7 Å². The van der Waals surface area contributed by atoms with Gasteiger partial charge >= 0.3 is 0 Å². The number of aromatic nitrogens is 2. The molecule has 124 valence electrons. The zero-order valence-corrected chi connectivity index (χ0v) is 14.8. The van der Waals surface area contributed by atoms with Crippen molar-refractivity contribution < 1.29 is 13.2 Å². The predicted molar refractivity (Wildman–Crippen MR) is 88.1 cm³/mol. The van der Waals surface area contributed by atoms with Crippen molar-refractivity contribution in [2.24, 2.45) is 7.05 Å². The fourth-order valence-electron chi connectivity index (χ4n) is 2.67. The van der Waals surface area contributed by atoms with Crippen molar-refractivity contribution >= 4 is 33.0 Å². The number of carbonyl (C=O) groups excluding carboxylic acids is 1. The van der Waals surface area contributed by atoms with Crippen LogP contribution in [-0.4, -0.2) is 48.0 Å². The maximum Gasteiger partial charge on any atom is 0.253 e. The molecule has 9 heteroatoms. The van der Waals surface area contributed by atoms with Crippen LogP contribution in [-0.2, 0) is 21.9 Å². The molecule has 0 N–H and O–H groups in total. The molecule has 0 unspecified atom stereocenters. The van der Waals surface area contributed by atoms with Gasteiger partial charge in [-0.2, -0.15) is 9.40 Å². The Hall–Kier alpha value is -1.71. The van der Waals surface area contributed by atoms with Gasteiger partial charge in [0.15, 0.2) is 0 Å². The quantitative estimate of drug-likeness (QED) is 0.828. The molecule has 1 saturated heterocycles. The molecule has 0 bridgehead atoms. The molecule has 23 heavy (non-hydrogen) atoms. The zero-order chi connectivity index (χ0) is 16.8. The summed E-state index contributed by atoms with van der Waals surface area (Å²) in [4.78, 5) is 14.9. The van der Waals surface area contributed by atoms with Gasteiger partial charge in [0.25, 0.3) is 10.0 Å². The number of rotatable bonds is 3. The summed E-state index contributed by atoms with van der Waals surface area (Å²) in [6.45, 7) is 4.12. The molecular weight excluding hydrogens is 336 g/mol. The minimum absolute atomic E-state index is 0.145. The minimum Gasteiger partial charge on any atom is -0.307 e. The Kier molecular flexibility index (Phi) is 4.03. The fourth-order valence-corrected chi connectivity index (χ4v) is 5.85. The second kappa shape index (κ2) is 5.73. The van der Waals surface area contributed by atoms with Crippen LogP contribution in [0, 0.1) is 13.8 Å². The lowest BCUT2D eigenvalue weighted by atomic mass is 10.3. The standard InChI is InChI=1S/C14H18N4O3S2/c1-10-6-11(2)22-14(10)23(20,21)17-4-5-18(13(19)9-17)12-7-15-16(3)8-12/h6-8H,4-5,9H2,1-3H3. The van der Waals surface area contributed by atoms with Crippen LogP contribution < -0.4 is 4.90 Å². The van der Waals surface area contributed by atoms with Gasteiger partial charge in [0.1, 0.15) is 4.21 Å². The number of carbonyl (C=O) groups is 1. The third kappa shape index (κ3) is 2.91. The average Bonchev–Trinajstić information content (AvgIpc) is 3.04. The fraction of sp³-hybridized carbons (Fsp3) is 0.429. The zero-order valence-electron chi connectivity index (χ0n) is 13.2. The number of sulfonamides is 1. The molecule has 7 nitrogen and oxygen atoms in total. The Balaban J connectivity index is 1.82. The van der Waals surface area contributed by atoms with E-state index in [0.29, 0.717) is 16.4 Å². The summed E-state index contributed by atoms with van der Waals surface area (Å²) in [7, 11) is -1.85. The second-order valence-corrected chi connectivity index (χ2v) is 8.97. The van der Waals surface area contributed by atoms with Crippen LogP contribution in [0.2, 0.25) is 0 Å². The van der Waals surface area contributed by atoms with E-state index in [1.807, 2.05) is 13.0 Å². The van der Waals surface area contributed by atoms with Gasteiger partial charge in [-0.05, 0) is 25.5 Å². The first-order valence-electron chi connectivity index (χ1n) is 7.15. The summed E-state index contributed by atoms with van der Waals surface area (Å²) < 4.78 is 28.7. The van der Waals surface area contributed by atoms with Crippen molar-refractivity contribution in [1.82, 2.24) is 14.1 Å². The topological polar surface area (TPSA) is 75.5 Å². The smallest absolute Gasteiger partial charge is 0.253 e. The number of anilines is 1. The van der Waals surface area contributed by atoms with Crippen LogP contribution in [0.5, 0.6) is 0 Å². The molecule has 1 fully saturated rings. The largest absolute Gasteiger partial charge is 0.307 e. The SMILES string of the molecule is Cc1cc(C)c(S(=O)(=O)N2CCN(c3cnn(C)c3)C(=O)C2)s1. The number of hydrogen-bond donors (Lipinski definition) is 0. The normalized spacial score (nSPS) is 17.0. The van der Waals surface area contributed by atoms with Crippen molar-refractivity contribution in [2.75, 3.05) is 24.5 Å². The maximum absolute atomic E-state index is 12.8. The first kappa shape index (κ1) is 16.2. The monoisotopic (exact) mass is 354 g/mol. The van der Waals surface area contributed by atoms with Crippen molar-refractivity contribution in [2.45, 2.75) is 18.1 Å². The van der Waals surface area contributed by atoms with Gasteiger partial charge in [0.2, 0.25) is 5.91 Å². The first-order valence-corrected chi connectivity index (χ1v) is 9.41. The summed E-state index contributed by atoms with van der Waals surface area (Å²) in [5.74, 6) is -0.237. The summed E-state index contributed by atoms with van der Waals surface area (Å²) in [6.07, 6.45) is 3.35. The lowest BCUT2D eigenvalue weighted by Gasteiger charge is -2.32. The van der Waals surface area contributed by atoms with Crippen LogP contribution in [0.25, 0.3) is 0 Å². The molecule has 0 aromatic carbocycles. The molecule has 1 aliphatic rings. The van der Waals surface area contributed by atoms with E-state index in [0.717, 1.165) is 10.4 Å². The molecule has 3 rings (SSSR count). The molecule has 0 radical (unpaired) electrons. The molecule has 1 aliphatic heterocycles. The van der Waals surface area contributed by atoms with E-state index in [9.17, 15) is 13.2 Å². The molecule has 0 saturated carbocycles. The van der Waals surface area contributed by atoms with E-state index in [4.69, 9.17) is 0 Å². The van der Waals surface area contributed by atoms with Gasteiger partial charge in [-0.3, -0.25) is 9.48 Å². The summed E-state index contributed by atoms with van der Waals surface area (Å²) in [5, 5.41) is 4.05. The Morgan fingerprint density at radius 2 is 2.00 bits per heavy atom. The number of hydrogen-bond acceptors (Lipinski definition) is 5. The van der Waals surface area contributed by atoms with Gasteiger partial charge in [-0.1, -0.05) is 0 Å². The Morgan fingerprint density at radius 1 is 1.26 bits per heavy atom. The summed E-state index contributed by atoms with van der Waals surface area (Å²) >= 11 is 1.25. The number of nitrogens with zero attached hydrogens (tertiary/aromatic N) is 4. The van der Waals surface area contributed by atoms with Gasteiger partial charge in [-0.25, -0.2) is 8.42 Å². The van der Waals surface area contributed by atoms with E-state index in [2.05, 4.69) is 5.10 Å². The molecule has 1 amide bonds. The highest BCUT2D eigenvalue weighted by Crippen LogP contribution is 2.30. The molecule has 0 atom stereocenters. The molecule has 0 aliphatic carbocycles. The number of piperazine rings is 1. The van der Waals surface area contributed by atoms with E-state index in [1.54, 1.807) is 35.9 Å². The molecular formula is C14H18N4O3S2. The first-order chi connectivity index (χ1) is 10.8. The van der Waals surface area contributed by atoms with Gasteiger partial charge in [0.05, 0.1) is 18.4 Å². The molecule has 2 aromatic rings. The number of thiophene rings is 1. The van der Waals surface area contributed by atoms with Crippen molar-refractivity contribution in [3.63, 3.8) is 0 Å². The van der Waals surface area contributed by atoms with E-state index >= 15 is 0 Å². The average molecular weight is 354 g/mol. The van der Waals surface area contributed by atoms with Gasteiger partial charge in [0, 0.05) is 31.2 Å². The molecule has 0 spiro atoms. The third-order valence-corrected chi connectivity index (χ3v) is 7.37. The van der Waals surface area contributed by atoms with E-state index in [-0.39, 0.29) is 19.0 Å². The minimum atomic E-state index is -3.62. The van der Waals surface area contributed by atoms with Crippen LogP contribution >= 0.6 is 11.3 Å². The Morgan fingerprint density at radius 3 is 2.52 bits per heavy atom. The predicted octanol–water partition coefficient (Wildman–Crippen LogP) is 1.14. The van der Waals surface area contributed by atoms with Gasteiger partial charge < -0.3 is 4.90 Å². The van der Waals surface area contributed by atoms with Crippen LogP contribution in [0.4, 0.5) is 5.69 Å². The van der Waals surface area contributed by atoms with Crippen molar-refractivity contribution in [3.8, 4) is 0 Å².